The number of H-pyrrole nitrogens is 1. The third-order valence-corrected chi connectivity index (χ3v) is 12.9. The number of benzene rings is 6. The number of rotatable bonds is 10. The molecule has 2 saturated heterocycles. The van der Waals surface area contributed by atoms with Crippen LogP contribution in [0.2, 0.25) is 0 Å². The molecule has 4 N–H and O–H groups in total. The van der Waals surface area contributed by atoms with Crippen molar-refractivity contribution in [2.24, 2.45) is 5.92 Å². The minimum absolute atomic E-state index is 0.00483. The second kappa shape index (κ2) is 16.8. The van der Waals surface area contributed by atoms with Crippen molar-refractivity contribution >= 4 is 45.5 Å². The minimum atomic E-state index is -1.73. The van der Waals surface area contributed by atoms with Crippen LogP contribution < -0.4 is 15.4 Å². The number of esters is 1. The Morgan fingerprint density at radius 2 is 1.55 bits per heavy atom. The lowest BCUT2D eigenvalue weighted by Crippen LogP contribution is -2.54. The van der Waals surface area contributed by atoms with Crippen molar-refractivity contribution in [2.75, 3.05) is 18.5 Å². The van der Waals surface area contributed by atoms with Crippen LogP contribution >= 0.6 is 0 Å². The molecule has 0 aliphatic carbocycles. The van der Waals surface area contributed by atoms with Crippen molar-refractivity contribution < 1.29 is 29.0 Å². The van der Waals surface area contributed by atoms with Gasteiger partial charge in [-0.1, -0.05) is 114 Å². The number of carbonyl (C=O) groups is 3. The van der Waals surface area contributed by atoms with Crippen LogP contribution in [0.15, 0.2) is 152 Å². The SMILES string of the molecule is O=C1OC(c2ccccc2)C(c2ccccc2)N2C1C(C(=O)NCc1nc3ccccc3[nH]1)C1(C(=O)Nc3ccc(C#CCn4nnc5ccccc54)cc31)C2c1ccc(OCCO)cc1. The number of morpholine rings is 1. The molecule has 6 aromatic carbocycles. The summed E-state index contributed by atoms with van der Waals surface area (Å²) in [5.74, 6) is 4.58. The molecule has 326 valence electrons. The summed E-state index contributed by atoms with van der Waals surface area (Å²) in [6.45, 7) is 0.158. The molecule has 2 aromatic heterocycles. The molecule has 0 saturated carbocycles. The van der Waals surface area contributed by atoms with Gasteiger partial charge in [0.05, 0.1) is 47.7 Å². The highest BCUT2D eigenvalue weighted by atomic mass is 16.6. The molecule has 3 aliphatic rings. The number of amides is 2. The first-order valence-corrected chi connectivity index (χ1v) is 21.8. The van der Waals surface area contributed by atoms with E-state index in [1.54, 1.807) is 22.9 Å². The number of carbonyl (C=O) groups excluding carboxylic acids is 3. The van der Waals surface area contributed by atoms with Gasteiger partial charge in [-0.2, -0.15) is 0 Å². The molecule has 6 atom stereocenters. The Balaban J connectivity index is 1.11. The number of hydrogen-bond acceptors (Lipinski definition) is 10. The van der Waals surface area contributed by atoms with Crippen molar-refractivity contribution in [1.29, 1.82) is 0 Å². The van der Waals surface area contributed by atoms with Gasteiger partial charge in [0.15, 0.2) is 0 Å². The Hall–Kier alpha value is -8.12. The fraction of sp³-hybridized carbons (Fsp3) is 0.192. The molecule has 6 unspecified atom stereocenters. The summed E-state index contributed by atoms with van der Waals surface area (Å²) < 4.78 is 14.1. The number of hydrogen-bond donors (Lipinski definition) is 4. The maximum atomic E-state index is 15.6. The van der Waals surface area contributed by atoms with Crippen molar-refractivity contribution in [3.05, 3.63) is 185 Å². The monoisotopic (exact) mass is 874 g/mol. The number of nitrogens with zero attached hydrogens (tertiary/aromatic N) is 5. The number of ether oxygens (including phenoxy) is 2. The van der Waals surface area contributed by atoms with Crippen molar-refractivity contribution in [1.82, 2.24) is 35.2 Å². The number of anilines is 1. The van der Waals surface area contributed by atoms with E-state index in [0.717, 1.165) is 33.2 Å². The molecular weight excluding hydrogens is 833 g/mol. The number of aliphatic hydroxyl groups excluding tert-OH is 1. The minimum Gasteiger partial charge on any atom is -0.491 e. The highest BCUT2D eigenvalue weighted by Crippen LogP contribution is 2.65. The number of aliphatic hydroxyl groups is 1. The first-order chi connectivity index (χ1) is 32.4. The first-order valence-electron chi connectivity index (χ1n) is 21.8. The van der Waals surface area contributed by atoms with E-state index in [1.165, 1.54) is 0 Å². The fourth-order valence-electron chi connectivity index (χ4n) is 10.2. The maximum Gasteiger partial charge on any atom is 0.324 e. The third-order valence-electron chi connectivity index (χ3n) is 12.9. The molecule has 3 aliphatic heterocycles. The van der Waals surface area contributed by atoms with Gasteiger partial charge in [-0.3, -0.25) is 19.3 Å². The number of nitrogens with one attached hydrogen (secondary N) is 3. The van der Waals surface area contributed by atoms with Crippen molar-refractivity contribution in [3.8, 4) is 17.6 Å². The zero-order chi connectivity index (χ0) is 44.8. The topological polar surface area (TPSA) is 177 Å². The number of cyclic esters (lactones) is 1. The number of para-hydroxylation sites is 3. The van der Waals surface area contributed by atoms with Gasteiger partial charge in [0.1, 0.15) is 47.8 Å². The molecule has 0 bridgehead atoms. The second-order valence-corrected chi connectivity index (χ2v) is 16.6. The Bertz CT molecular complexity index is 3170. The molecule has 5 heterocycles. The van der Waals surface area contributed by atoms with E-state index in [4.69, 9.17) is 14.5 Å². The van der Waals surface area contributed by atoms with Crippen LogP contribution in [-0.4, -0.2) is 72.0 Å². The summed E-state index contributed by atoms with van der Waals surface area (Å²) in [4.78, 5) is 56.4. The average molecular weight is 875 g/mol. The van der Waals surface area contributed by atoms with Gasteiger partial charge in [-0.05, 0) is 76.9 Å². The molecule has 14 nitrogen and oxygen atoms in total. The van der Waals surface area contributed by atoms with Crippen LogP contribution in [0.3, 0.4) is 0 Å². The first kappa shape index (κ1) is 40.6. The molecule has 14 heteroatoms. The highest BCUT2D eigenvalue weighted by Gasteiger charge is 2.74. The summed E-state index contributed by atoms with van der Waals surface area (Å²) in [7, 11) is 0. The van der Waals surface area contributed by atoms with Crippen LogP contribution in [0.1, 0.15) is 51.8 Å². The van der Waals surface area contributed by atoms with E-state index in [2.05, 4.69) is 37.8 Å². The highest BCUT2D eigenvalue weighted by molar-refractivity contribution is 6.12. The smallest absolute Gasteiger partial charge is 0.324 e. The maximum absolute atomic E-state index is 15.6. The van der Waals surface area contributed by atoms with Crippen LogP contribution in [0.4, 0.5) is 5.69 Å². The van der Waals surface area contributed by atoms with E-state index in [1.807, 2.05) is 138 Å². The molecule has 2 amide bonds. The lowest BCUT2D eigenvalue weighted by Gasteiger charge is -2.46. The zero-order valence-electron chi connectivity index (χ0n) is 35.4. The lowest BCUT2D eigenvalue weighted by atomic mass is 9.65. The Morgan fingerprint density at radius 3 is 2.32 bits per heavy atom. The summed E-state index contributed by atoms with van der Waals surface area (Å²) in [5, 5.41) is 24.4. The molecule has 1 spiro atoms. The number of imidazole rings is 1. The lowest BCUT2D eigenvalue weighted by molar-refractivity contribution is -0.178. The van der Waals surface area contributed by atoms with Gasteiger partial charge in [-0.25, -0.2) is 9.67 Å². The van der Waals surface area contributed by atoms with Crippen molar-refractivity contribution in [3.63, 3.8) is 0 Å². The van der Waals surface area contributed by atoms with Gasteiger partial charge in [0, 0.05) is 11.3 Å². The normalized spacial score (nSPS) is 22.0. The van der Waals surface area contributed by atoms with Crippen LogP contribution in [0, 0.1) is 17.8 Å². The number of aromatic nitrogens is 5. The second-order valence-electron chi connectivity index (χ2n) is 16.6. The predicted octanol–water partition coefficient (Wildman–Crippen LogP) is 6.32. The summed E-state index contributed by atoms with van der Waals surface area (Å²) >= 11 is 0. The van der Waals surface area contributed by atoms with Crippen molar-refractivity contribution in [2.45, 2.75) is 42.7 Å². The van der Waals surface area contributed by atoms with Crippen LogP contribution in [-0.2, 0) is 37.6 Å². The molecular formula is C52H42N8O6. The summed E-state index contributed by atoms with van der Waals surface area (Å²) in [6, 6.07) is 44.4. The third kappa shape index (κ3) is 6.84. The van der Waals surface area contributed by atoms with Gasteiger partial charge in [0.25, 0.3) is 0 Å². The average Bonchev–Trinajstić information content (AvgIpc) is 4.12. The van der Waals surface area contributed by atoms with Crippen LogP contribution in [0.25, 0.3) is 22.1 Å². The molecule has 66 heavy (non-hydrogen) atoms. The number of aromatic amines is 1. The molecule has 0 radical (unpaired) electrons. The van der Waals surface area contributed by atoms with Gasteiger partial charge >= 0.3 is 5.97 Å². The molecule has 11 rings (SSSR count). The van der Waals surface area contributed by atoms with E-state index < -0.39 is 53.3 Å². The summed E-state index contributed by atoms with van der Waals surface area (Å²) in [5.41, 5.74) is 5.26. The van der Waals surface area contributed by atoms with Gasteiger partial charge in [-0.15, -0.1) is 5.10 Å². The largest absolute Gasteiger partial charge is 0.491 e. The van der Waals surface area contributed by atoms with Crippen LogP contribution in [0.5, 0.6) is 5.75 Å². The zero-order valence-corrected chi connectivity index (χ0v) is 35.4. The Kier molecular flexibility index (Phi) is 10.3. The van der Waals surface area contributed by atoms with E-state index in [9.17, 15) is 5.11 Å². The Labute approximate surface area is 378 Å². The Morgan fingerprint density at radius 1 is 0.818 bits per heavy atom. The quantitative estimate of drug-likeness (QED) is 0.0899. The predicted molar refractivity (Wildman–Crippen MR) is 244 cm³/mol. The number of fused-ring (bicyclic) bond motifs is 5. The molecule has 2 fully saturated rings. The van der Waals surface area contributed by atoms with E-state index >= 15 is 14.4 Å². The van der Waals surface area contributed by atoms with E-state index in [0.29, 0.717) is 34.0 Å². The van der Waals surface area contributed by atoms with E-state index in [-0.39, 0.29) is 26.3 Å². The van der Waals surface area contributed by atoms with Gasteiger partial charge in [0.2, 0.25) is 11.8 Å². The molecule has 8 aromatic rings. The van der Waals surface area contributed by atoms with Gasteiger partial charge < -0.3 is 30.2 Å². The summed E-state index contributed by atoms with van der Waals surface area (Å²) in [6.07, 6.45) is -0.824. The fourth-order valence-corrected chi connectivity index (χ4v) is 10.2. The standard InChI is InChI=1S/C52H42N8O6/c61-28-29-65-36-24-22-35(23-25-36)48-52(37-30-32(21-26-38(37)56-51(52)64)12-11-27-59-42-20-10-9-19-41(42)57-58-59)44(49(62)53-31-43-54-39-17-7-8-18-40(39)55-43)46-50(63)66-47(34-15-5-2-6-16-34)45(60(46)48)33-13-3-1-4-14-33/h1-10,13-26,30,44-48,61H,27-29,31H2,(H,53,62)(H,54,55)(H,56,64).